The first-order valence-electron chi connectivity index (χ1n) is 5.46. The van der Waals surface area contributed by atoms with Crippen molar-refractivity contribution < 1.29 is 13.2 Å². The Morgan fingerprint density at radius 1 is 1.32 bits per heavy atom. The molecule has 0 aliphatic heterocycles. The van der Waals surface area contributed by atoms with Gasteiger partial charge in [-0.2, -0.15) is 13.2 Å². The summed E-state index contributed by atoms with van der Waals surface area (Å²) in [5, 5.41) is 3.16. The van der Waals surface area contributed by atoms with Crippen molar-refractivity contribution in [1.82, 2.24) is 9.55 Å². The third-order valence-corrected chi connectivity index (χ3v) is 3.05. The molecular weight excluding hydrogens is 279 g/mol. The fraction of sp³-hybridized carbons (Fsp3) is 0.250. The lowest BCUT2D eigenvalue weighted by molar-refractivity contribution is -0.137. The fourth-order valence-electron chi connectivity index (χ4n) is 1.65. The largest absolute Gasteiger partial charge is 0.418 e. The quantitative estimate of drug-likeness (QED) is 0.933. The van der Waals surface area contributed by atoms with E-state index in [9.17, 15) is 13.2 Å². The van der Waals surface area contributed by atoms with Gasteiger partial charge in [0.25, 0.3) is 0 Å². The van der Waals surface area contributed by atoms with Crippen LogP contribution in [0.25, 0.3) is 0 Å². The highest BCUT2D eigenvalue weighted by molar-refractivity contribution is 6.29. The van der Waals surface area contributed by atoms with Gasteiger partial charge in [-0.05, 0) is 12.1 Å². The maximum absolute atomic E-state index is 12.8. The zero-order chi connectivity index (χ0) is 14.0. The molecule has 0 saturated heterocycles. The molecule has 1 N–H and O–H groups in total. The molecular formula is C12H11ClF3N3. The van der Waals surface area contributed by atoms with E-state index in [1.54, 1.807) is 17.7 Å². The van der Waals surface area contributed by atoms with Gasteiger partial charge in [-0.3, -0.25) is 0 Å². The van der Waals surface area contributed by atoms with E-state index in [4.69, 9.17) is 11.6 Å². The number of halogens is 4. The third-order valence-electron chi connectivity index (χ3n) is 2.70. The number of alkyl halides is 3. The number of nitrogens with zero attached hydrogens (tertiary/aromatic N) is 2. The molecule has 7 heteroatoms. The van der Waals surface area contributed by atoms with E-state index in [-0.39, 0.29) is 12.2 Å². The summed E-state index contributed by atoms with van der Waals surface area (Å²) >= 11 is 5.81. The van der Waals surface area contributed by atoms with Crippen molar-refractivity contribution >= 4 is 17.3 Å². The molecule has 0 unspecified atom stereocenters. The van der Waals surface area contributed by atoms with E-state index >= 15 is 0 Å². The molecule has 102 valence electrons. The number of anilines is 1. The lowest BCUT2D eigenvalue weighted by Gasteiger charge is -2.14. The highest BCUT2D eigenvalue weighted by Crippen LogP contribution is 2.34. The third kappa shape index (κ3) is 3.01. The maximum Gasteiger partial charge on any atom is 0.418 e. The maximum atomic E-state index is 12.8. The number of imidazole rings is 1. The van der Waals surface area contributed by atoms with Crippen LogP contribution in [0.5, 0.6) is 0 Å². The Hall–Kier alpha value is -1.69. The van der Waals surface area contributed by atoms with Crippen LogP contribution in [-0.4, -0.2) is 9.55 Å². The molecule has 0 aliphatic rings. The van der Waals surface area contributed by atoms with Gasteiger partial charge < -0.3 is 9.88 Å². The second-order valence-electron chi connectivity index (χ2n) is 3.95. The average Bonchev–Trinajstić information content (AvgIpc) is 2.67. The van der Waals surface area contributed by atoms with Crippen LogP contribution in [0.15, 0.2) is 30.5 Å². The average molecular weight is 290 g/mol. The van der Waals surface area contributed by atoms with Crippen molar-refractivity contribution in [2.45, 2.75) is 12.7 Å². The van der Waals surface area contributed by atoms with Crippen LogP contribution < -0.4 is 5.32 Å². The van der Waals surface area contributed by atoms with Gasteiger partial charge in [0.2, 0.25) is 0 Å². The molecule has 19 heavy (non-hydrogen) atoms. The Morgan fingerprint density at radius 2 is 2.00 bits per heavy atom. The van der Waals surface area contributed by atoms with Gasteiger partial charge in [-0.25, -0.2) is 4.98 Å². The van der Waals surface area contributed by atoms with Crippen LogP contribution in [0.3, 0.4) is 0 Å². The van der Waals surface area contributed by atoms with Gasteiger partial charge in [-0.1, -0.05) is 23.7 Å². The van der Waals surface area contributed by atoms with Gasteiger partial charge >= 0.3 is 6.18 Å². The summed E-state index contributed by atoms with van der Waals surface area (Å²) < 4.78 is 39.9. The van der Waals surface area contributed by atoms with Crippen molar-refractivity contribution in [3.63, 3.8) is 0 Å². The zero-order valence-electron chi connectivity index (χ0n) is 10.0. The summed E-state index contributed by atoms with van der Waals surface area (Å²) in [6, 6.07) is 5.32. The van der Waals surface area contributed by atoms with Gasteiger partial charge in [0.05, 0.1) is 18.3 Å². The molecule has 0 radical (unpaired) electrons. The fourth-order valence-corrected chi connectivity index (χ4v) is 1.79. The van der Waals surface area contributed by atoms with Crippen LogP contribution in [0.2, 0.25) is 5.15 Å². The minimum absolute atomic E-state index is 0.0223. The number of rotatable bonds is 3. The molecule has 0 atom stereocenters. The van der Waals surface area contributed by atoms with Crippen molar-refractivity contribution in [3.8, 4) is 0 Å². The first-order chi connectivity index (χ1) is 8.89. The second kappa shape index (κ2) is 5.13. The Kier molecular flexibility index (Phi) is 3.71. The standard InChI is InChI=1S/C12H11ClF3N3/c1-19-10(13)6-18-11(19)7-17-9-5-3-2-4-8(9)12(14,15)16/h2-6,17H,7H2,1H3. The predicted octanol–water partition coefficient (Wildman–Crippen LogP) is 3.70. The Balaban J connectivity index is 2.19. The van der Waals surface area contributed by atoms with Crippen LogP contribution in [-0.2, 0) is 19.8 Å². The monoisotopic (exact) mass is 289 g/mol. The van der Waals surface area contributed by atoms with Crippen molar-refractivity contribution in [3.05, 3.63) is 47.0 Å². The Labute approximate surface area is 113 Å². The molecule has 1 aromatic heterocycles. The van der Waals surface area contributed by atoms with Crippen LogP contribution in [0.1, 0.15) is 11.4 Å². The summed E-state index contributed by atoms with van der Waals surface area (Å²) in [5.74, 6) is 0.557. The van der Waals surface area contributed by atoms with Gasteiger partial charge in [0.1, 0.15) is 11.0 Å². The molecule has 0 saturated carbocycles. The van der Waals surface area contributed by atoms with E-state index in [0.29, 0.717) is 11.0 Å². The molecule has 2 rings (SSSR count). The first kappa shape index (κ1) is 13.7. The predicted molar refractivity (Wildman–Crippen MR) is 67.0 cm³/mol. The summed E-state index contributed by atoms with van der Waals surface area (Å²) in [6.45, 7) is 0.163. The molecule has 1 heterocycles. The number of nitrogens with one attached hydrogen (secondary N) is 1. The molecule has 0 fully saturated rings. The molecule has 0 bridgehead atoms. The summed E-state index contributed by atoms with van der Waals surface area (Å²) in [7, 11) is 1.70. The smallest absolute Gasteiger partial charge is 0.377 e. The highest BCUT2D eigenvalue weighted by Gasteiger charge is 2.33. The summed E-state index contributed by atoms with van der Waals surface area (Å²) in [6.07, 6.45) is -2.93. The molecule has 0 aliphatic carbocycles. The lowest BCUT2D eigenvalue weighted by Crippen LogP contribution is -2.12. The minimum atomic E-state index is -4.39. The van der Waals surface area contributed by atoms with Gasteiger partial charge in [0.15, 0.2) is 0 Å². The number of hydrogen-bond donors (Lipinski definition) is 1. The molecule has 0 amide bonds. The van der Waals surface area contributed by atoms with E-state index < -0.39 is 11.7 Å². The zero-order valence-corrected chi connectivity index (χ0v) is 10.8. The molecule has 0 spiro atoms. The minimum Gasteiger partial charge on any atom is -0.377 e. The Bertz CT molecular complexity index is 578. The van der Waals surface area contributed by atoms with Crippen LogP contribution >= 0.6 is 11.6 Å². The summed E-state index contributed by atoms with van der Waals surface area (Å²) in [4.78, 5) is 4.01. The second-order valence-corrected chi connectivity index (χ2v) is 4.34. The number of aromatic nitrogens is 2. The highest BCUT2D eigenvalue weighted by atomic mass is 35.5. The van der Waals surface area contributed by atoms with Crippen molar-refractivity contribution in [2.24, 2.45) is 7.05 Å². The van der Waals surface area contributed by atoms with Gasteiger partial charge in [-0.15, -0.1) is 0 Å². The molecule has 2 aromatic rings. The lowest BCUT2D eigenvalue weighted by atomic mass is 10.1. The van der Waals surface area contributed by atoms with Crippen LogP contribution in [0.4, 0.5) is 18.9 Å². The van der Waals surface area contributed by atoms with Crippen molar-refractivity contribution in [2.75, 3.05) is 5.32 Å². The SMILES string of the molecule is Cn1c(Cl)cnc1CNc1ccccc1C(F)(F)F. The van der Waals surface area contributed by atoms with E-state index in [2.05, 4.69) is 10.3 Å². The van der Waals surface area contributed by atoms with E-state index in [0.717, 1.165) is 6.07 Å². The van der Waals surface area contributed by atoms with E-state index in [1.165, 1.54) is 18.3 Å². The molecule has 1 aromatic carbocycles. The number of benzene rings is 1. The molecule has 3 nitrogen and oxygen atoms in total. The van der Waals surface area contributed by atoms with Gasteiger partial charge in [0, 0.05) is 12.7 Å². The summed E-state index contributed by atoms with van der Waals surface area (Å²) in [5.41, 5.74) is -0.676. The first-order valence-corrected chi connectivity index (χ1v) is 5.83. The van der Waals surface area contributed by atoms with E-state index in [1.807, 2.05) is 0 Å². The van der Waals surface area contributed by atoms with Crippen LogP contribution in [0, 0.1) is 0 Å². The van der Waals surface area contributed by atoms with Crippen molar-refractivity contribution in [1.29, 1.82) is 0 Å². The topological polar surface area (TPSA) is 29.9 Å². The normalized spacial score (nSPS) is 11.6. The Morgan fingerprint density at radius 3 is 2.58 bits per heavy atom. The number of hydrogen-bond acceptors (Lipinski definition) is 2. The number of para-hydroxylation sites is 1.